The summed E-state index contributed by atoms with van der Waals surface area (Å²) in [5.74, 6) is 0. The average molecular weight is 264 g/mol. The molecule has 17 heavy (non-hydrogen) atoms. The van der Waals surface area contributed by atoms with E-state index in [2.05, 4.69) is 39.6 Å². The molecule has 2 nitrogen and oxygen atoms in total. The van der Waals surface area contributed by atoms with E-state index in [9.17, 15) is 0 Å². The van der Waals surface area contributed by atoms with E-state index in [1.165, 1.54) is 49.8 Å². The van der Waals surface area contributed by atoms with E-state index in [0.717, 1.165) is 6.42 Å². The van der Waals surface area contributed by atoms with Gasteiger partial charge in [-0.05, 0) is 38.5 Å². The highest BCUT2D eigenvalue weighted by molar-refractivity contribution is 6.13. The first-order valence-corrected chi connectivity index (χ1v) is 7.48. The highest BCUT2D eigenvalue weighted by Gasteiger charge is 2.25. The summed E-state index contributed by atoms with van der Waals surface area (Å²) in [5, 5.41) is 0. The monoisotopic (exact) mass is 263 g/mol. The van der Waals surface area contributed by atoms with Crippen LogP contribution in [0.15, 0.2) is 0 Å². The second-order valence-electron chi connectivity index (χ2n) is 6.23. The number of unbranched alkanes of at least 4 members (excludes halogenated alkanes) is 2. The lowest BCUT2D eigenvalue weighted by Gasteiger charge is -2.37. The van der Waals surface area contributed by atoms with Gasteiger partial charge in [0, 0.05) is 12.0 Å². The Balaban J connectivity index is 4.26. The topological polar surface area (TPSA) is 12.0 Å². The predicted molar refractivity (Wildman–Crippen MR) is 78.3 cm³/mol. The Morgan fingerprint density at radius 3 is 1.82 bits per heavy atom. The predicted octanol–water partition coefficient (Wildman–Crippen LogP) is 3.95. The molecule has 0 fully saturated rings. The maximum Gasteiger partial charge on any atom is 0.0802 e. The van der Waals surface area contributed by atoms with Gasteiger partial charge in [-0.15, -0.1) is 0 Å². The Morgan fingerprint density at radius 2 is 1.47 bits per heavy atom. The molecular formula is C14H32ClN2+. The van der Waals surface area contributed by atoms with Crippen LogP contribution >= 0.6 is 11.8 Å². The van der Waals surface area contributed by atoms with E-state index in [1.54, 1.807) is 0 Å². The molecule has 3 heteroatoms. The molecule has 0 aromatic carbocycles. The standard InChI is InChI=1S/C14H32ClN2/c1-6-8-11-17(5,12-9-7-2)13-10-14(3,4)16-15/h16H,6-13H2,1-5H3/q+1. The minimum Gasteiger partial charge on any atom is -0.326 e. The van der Waals surface area contributed by atoms with Gasteiger partial charge in [-0.2, -0.15) is 0 Å². The van der Waals surface area contributed by atoms with Crippen molar-refractivity contribution in [2.24, 2.45) is 0 Å². The first-order valence-electron chi connectivity index (χ1n) is 7.10. The van der Waals surface area contributed by atoms with Crippen LogP contribution in [-0.2, 0) is 0 Å². The molecule has 0 aromatic heterocycles. The van der Waals surface area contributed by atoms with E-state index in [0.29, 0.717) is 0 Å². The van der Waals surface area contributed by atoms with Gasteiger partial charge in [-0.3, -0.25) is 0 Å². The van der Waals surface area contributed by atoms with Crippen molar-refractivity contribution in [1.29, 1.82) is 0 Å². The molecule has 104 valence electrons. The van der Waals surface area contributed by atoms with Gasteiger partial charge in [0.1, 0.15) is 0 Å². The third-order valence-electron chi connectivity index (χ3n) is 3.64. The van der Waals surface area contributed by atoms with Gasteiger partial charge >= 0.3 is 0 Å². The van der Waals surface area contributed by atoms with Crippen molar-refractivity contribution < 1.29 is 4.48 Å². The number of nitrogens with zero attached hydrogens (tertiary/aromatic N) is 1. The third-order valence-corrected chi connectivity index (χ3v) is 4.15. The summed E-state index contributed by atoms with van der Waals surface area (Å²) < 4.78 is 1.20. The Kier molecular flexibility index (Phi) is 8.44. The fourth-order valence-corrected chi connectivity index (χ4v) is 2.11. The summed E-state index contributed by atoms with van der Waals surface area (Å²) >= 11 is 5.77. The molecule has 0 spiro atoms. The fourth-order valence-electron chi connectivity index (χ4n) is 2.01. The zero-order valence-electron chi connectivity index (χ0n) is 12.5. The van der Waals surface area contributed by atoms with E-state index >= 15 is 0 Å². The van der Waals surface area contributed by atoms with Gasteiger partial charge in [-0.25, -0.2) is 4.84 Å². The first-order chi connectivity index (χ1) is 7.89. The van der Waals surface area contributed by atoms with E-state index in [4.69, 9.17) is 11.8 Å². The molecule has 0 aliphatic carbocycles. The number of hydrogen-bond donors (Lipinski definition) is 1. The molecular weight excluding hydrogens is 232 g/mol. The average Bonchev–Trinajstić information content (AvgIpc) is 2.32. The van der Waals surface area contributed by atoms with Gasteiger partial charge < -0.3 is 4.48 Å². The molecule has 0 rings (SSSR count). The summed E-state index contributed by atoms with van der Waals surface area (Å²) in [7, 11) is 2.40. The molecule has 0 bridgehead atoms. The number of quaternary nitrogens is 1. The van der Waals surface area contributed by atoms with Crippen molar-refractivity contribution in [1.82, 2.24) is 4.84 Å². The summed E-state index contributed by atoms with van der Waals surface area (Å²) in [5.41, 5.74) is 0.0412. The first kappa shape index (κ1) is 17.2. The Morgan fingerprint density at radius 1 is 1.00 bits per heavy atom. The molecule has 0 atom stereocenters. The highest BCUT2D eigenvalue weighted by atomic mass is 35.5. The van der Waals surface area contributed by atoms with Crippen LogP contribution in [0, 0.1) is 0 Å². The second kappa shape index (κ2) is 8.34. The van der Waals surface area contributed by atoms with Gasteiger partial charge in [0.15, 0.2) is 0 Å². The van der Waals surface area contributed by atoms with Gasteiger partial charge in [0.05, 0.1) is 26.7 Å². The largest absolute Gasteiger partial charge is 0.326 e. The summed E-state index contributed by atoms with van der Waals surface area (Å²) in [6.07, 6.45) is 6.36. The van der Waals surface area contributed by atoms with E-state index < -0.39 is 0 Å². The zero-order chi connectivity index (χ0) is 13.4. The molecule has 0 unspecified atom stereocenters. The minimum atomic E-state index is 0.0412. The number of hydrogen-bond acceptors (Lipinski definition) is 1. The van der Waals surface area contributed by atoms with Crippen molar-refractivity contribution in [3.05, 3.63) is 0 Å². The number of halogens is 1. The molecule has 0 aliphatic rings. The van der Waals surface area contributed by atoms with Gasteiger partial charge in [-0.1, -0.05) is 26.7 Å². The number of nitrogens with one attached hydrogen (secondary N) is 1. The van der Waals surface area contributed by atoms with Crippen LogP contribution in [0.3, 0.4) is 0 Å². The highest BCUT2D eigenvalue weighted by Crippen LogP contribution is 2.16. The Hall–Kier alpha value is 0.210. The Bertz CT molecular complexity index is 185. The summed E-state index contributed by atoms with van der Waals surface area (Å²) in [6, 6.07) is 0. The van der Waals surface area contributed by atoms with Crippen molar-refractivity contribution >= 4 is 11.8 Å². The molecule has 0 amide bonds. The molecule has 0 aromatic rings. The zero-order valence-corrected chi connectivity index (χ0v) is 13.2. The van der Waals surface area contributed by atoms with Crippen molar-refractivity contribution in [3.63, 3.8) is 0 Å². The van der Waals surface area contributed by atoms with Crippen LogP contribution < -0.4 is 4.84 Å². The lowest BCUT2D eigenvalue weighted by molar-refractivity contribution is -0.910. The molecule has 0 saturated carbocycles. The van der Waals surface area contributed by atoms with Gasteiger partial charge in [0.2, 0.25) is 0 Å². The summed E-state index contributed by atoms with van der Waals surface area (Å²) in [6.45, 7) is 12.7. The van der Waals surface area contributed by atoms with Crippen LogP contribution in [0.4, 0.5) is 0 Å². The fraction of sp³-hybridized carbons (Fsp3) is 1.00. The second-order valence-corrected chi connectivity index (χ2v) is 6.41. The normalized spacial score (nSPS) is 13.1. The molecule has 0 aliphatic heterocycles. The maximum absolute atomic E-state index is 5.77. The molecule has 0 heterocycles. The lowest BCUT2D eigenvalue weighted by Crippen LogP contribution is -2.49. The van der Waals surface area contributed by atoms with E-state index in [1.807, 2.05) is 0 Å². The van der Waals surface area contributed by atoms with Gasteiger partial charge in [0.25, 0.3) is 0 Å². The van der Waals surface area contributed by atoms with E-state index in [-0.39, 0.29) is 5.54 Å². The van der Waals surface area contributed by atoms with Crippen LogP contribution in [-0.4, -0.2) is 36.7 Å². The molecule has 0 saturated heterocycles. The minimum absolute atomic E-state index is 0.0412. The summed E-state index contributed by atoms with van der Waals surface area (Å²) in [4.78, 5) is 2.89. The molecule has 0 radical (unpaired) electrons. The van der Waals surface area contributed by atoms with Crippen LogP contribution in [0.2, 0.25) is 0 Å². The number of rotatable bonds is 10. The third kappa shape index (κ3) is 8.01. The van der Waals surface area contributed by atoms with Crippen molar-refractivity contribution in [2.75, 3.05) is 26.7 Å². The molecule has 1 N–H and O–H groups in total. The van der Waals surface area contributed by atoms with Crippen LogP contribution in [0.25, 0.3) is 0 Å². The van der Waals surface area contributed by atoms with Crippen molar-refractivity contribution in [2.45, 2.75) is 65.3 Å². The lowest BCUT2D eigenvalue weighted by atomic mass is 10.0. The quantitative estimate of drug-likeness (QED) is 0.465. The van der Waals surface area contributed by atoms with Crippen LogP contribution in [0.1, 0.15) is 59.8 Å². The van der Waals surface area contributed by atoms with Crippen molar-refractivity contribution in [3.8, 4) is 0 Å². The SMILES string of the molecule is CCCC[N+](C)(CCCC)CCC(C)(C)NCl. The smallest absolute Gasteiger partial charge is 0.0802 e. The van der Waals surface area contributed by atoms with Crippen LogP contribution in [0.5, 0.6) is 0 Å². The Labute approximate surface area is 113 Å². The maximum atomic E-state index is 5.77.